The van der Waals surface area contributed by atoms with E-state index in [9.17, 15) is 0 Å². The number of aromatic nitrogens is 1. The highest BCUT2D eigenvalue weighted by Crippen LogP contribution is 2.32. The summed E-state index contributed by atoms with van der Waals surface area (Å²) in [7, 11) is 0. The number of aryl methyl sites for hydroxylation is 2. The molecule has 0 spiro atoms. The Hall–Kier alpha value is -1.96. The largest absolute Gasteiger partial charge is 0.300 e. The number of hydrogen-bond donors (Lipinski definition) is 1. The second-order valence-corrected chi connectivity index (χ2v) is 6.71. The van der Waals surface area contributed by atoms with Crippen molar-refractivity contribution in [3.05, 3.63) is 64.0 Å². The Morgan fingerprint density at radius 2 is 1.87 bits per heavy atom. The molecule has 1 N–H and O–H groups in total. The number of nitrogens with zero attached hydrogens (tertiary/aromatic N) is 1. The van der Waals surface area contributed by atoms with Crippen molar-refractivity contribution in [2.24, 2.45) is 0 Å². The third-order valence-corrected chi connectivity index (χ3v) is 4.81. The topological polar surface area (TPSA) is 36.7 Å². The number of pyridine rings is 1. The van der Waals surface area contributed by atoms with Gasteiger partial charge in [0.2, 0.25) is 0 Å². The Labute approximate surface area is 140 Å². The van der Waals surface area contributed by atoms with Crippen molar-refractivity contribution in [2.45, 2.75) is 59.8 Å². The molecule has 122 valence electrons. The molecule has 2 heteroatoms. The number of allylic oxidation sites excluding steroid dienone is 5. The third kappa shape index (κ3) is 3.87. The van der Waals surface area contributed by atoms with E-state index in [0.717, 1.165) is 36.1 Å². The molecule has 0 saturated heterocycles. The lowest BCUT2D eigenvalue weighted by Gasteiger charge is -2.21. The van der Waals surface area contributed by atoms with E-state index in [1.165, 1.54) is 22.4 Å². The molecular weight excluding hydrogens is 280 g/mol. The Kier molecular flexibility index (Phi) is 5.35. The maximum atomic E-state index is 7.97. The number of rotatable bonds is 5. The quantitative estimate of drug-likeness (QED) is 0.739. The summed E-state index contributed by atoms with van der Waals surface area (Å²) >= 11 is 0. The van der Waals surface area contributed by atoms with E-state index < -0.39 is 0 Å². The first-order valence-electron chi connectivity index (χ1n) is 8.45. The molecule has 0 bridgehead atoms. The minimum Gasteiger partial charge on any atom is -0.300 e. The van der Waals surface area contributed by atoms with E-state index >= 15 is 0 Å². The molecule has 1 aromatic heterocycles. The van der Waals surface area contributed by atoms with E-state index in [4.69, 9.17) is 10.4 Å². The monoisotopic (exact) mass is 308 g/mol. The highest BCUT2D eigenvalue weighted by Gasteiger charge is 2.18. The van der Waals surface area contributed by atoms with Crippen LogP contribution in [-0.4, -0.2) is 10.7 Å². The van der Waals surface area contributed by atoms with Crippen LogP contribution < -0.4 is 0 Å². The molecule has 0 aliphatic heterocycles. The van der Waals surface area contributed by atoms with Gasteiger partial charge in [-0.25, -0.2) is 0 Å². The molecule has 1 unspecified atom stereocenters. The lowest BCUT2D eigenvalue weighted by Crippen LogP contribution is -2.10. The van der Waals surface area contributed by atoms with Gasteiger partial charge in [-0.05, 0) is 74.4 Å². The van der Waals surface area contributed by atoms with Crippen molar-refractivity contribution in [2.75, 3.05) is 0 Å². The van der Waals surface area contributed by atoms with Gasteiger partial charge in [0.15, 0.2) is 0 Å². The molecule has 1 aliphatic carbocycles. The van der Waals surface area contributed by atoms with Gasteiger partial charge in [0.05, 0.1) is 5.71 Å². The molecule has 2 rings (SSSR count). The number of nitrogens with one attached hydrogen (secondary N) is 1. The SMILES string of the molecule is C=C1C=C(CC(CCC)c2cc(C)c(C)c(C)n2)C=C(C)C1=N. The van der Waals surface area contributed by atoms with Crippen LogP contribution in [0.15, 0.2) is 41.5 Å². The van der Waals surface area contributed by atoms with Crippen molar-refractivity contribution in [1.82, 2.24) is 4.98 Å². The summed E-state index contributed by atoms with van der Waals surface area (Å²) in [6, 6.07) is 2.25. The van der Waals surface area contributed by atoms with Crippen molar-refractivity contribution in [3.8, 4) is 0 Å². The van der Waals surface area contributed by atoms with E-state index in [1.807, 2.05) is 6.92 Å². The van der Waals surface area contributed by atoms with Crippen LogP contribution in [0.3, 0.4) is 0 Å². The van der Waals surface area contributed by atoms with Gasteiger partial charge in [0.25, 0.3) is 0 Å². The summed E-state index contributed by atoms with van der Waals surface area (Å²) in [6.45, 7) is 14.6. The zero-order valence-electron chi connectivity index (χ0n) is 15.1. The molecular formula is C21H28N2. The van der Waals surface area contributed by atoms with Crippen molar-refractivity contribution < 1.29 is 0 Å². The summed E-state index contributed by atoms with van der Waals surface area (Å²) < 4.78 is 0. The van der Waals surface area contributed by atoms with E-state index in [1.54, 1.807) is 0 Å². The summed E-state index contributed by atoms with van der Waals surface area (Å²) in [5, 5.41) is 7.97. The fraction of sp³-hybridized carbons (Fsp3) is 0.429. The van der Waals surface area contributed by atoms with Crippen LogP contribution in [0.2, 0.25) is 0 Å². The fourth-order valence-corrected chi connectivity index (χ4v) is 3.18. The fourth-order valence-electron chi connectivity index (χ4n) is 3.18. The molecule has 1 aliphatic rings. The highest BCUT2D eigenvalue weighted by atomic mass is 14.7. The smallest absolute Gasteiger partial charge is 0.0635 e. The molecule has 0 amide bonds. The molecule has 1 aromatic rings. The first-order chi connectivity index (χ1) is 10.8. The molecule has 1 atom stereocenters. The predicted octanol–water partition coefficient (Wildman–Crippen LogP) is 5.74. The molecule has 0 aromatic carbocycles. The summed E-state index contributed by atoms with van der Waals surface area (Å²) in [6.07, 6.45) is 7.43. The Balaban J connectivity index is 2.32. The Morgan fingerprint density at radius 3 is 2.43 bits per heavy atom. The zero-order chi connectivity index (χ0) is 17.1. The van der Waals surface area contributed by atoms with Gasteiger partial charge < -0.3 is 5.41 Å². The first kappa shape index (κ1) is 17.4. The van der Waals surface area contributed by atoms with Crippen LogP contribution in [0.4, 0.5) is 0 Å². The minimum atomic E-state index is 0.424. The predicted molar refractivity (Wildman–Crippen MR) is 99.4 cm³/mol. The lowest BCUT2D eigenvalue weighted by molar-refractivity contribution is 0.594. The van der Waals surface area contributed by atoms with Crippen molar-refractivity contribution >= 4 is 5.71 Å². The molecule has 0 saturated carbocycles. The van der Waals surface area contributed by atoms with Crippen LogP contribution in [0.25, 0.3) is 0 Å². The summed E-state index contributed by atoms with van der Waals surface area (Å²) in [4.78, 5) is 4.86. The third-order valence-electron chi connectivity index (χ3n) is 4.81. The molecule has 0 fully saturated rings. The van der Waals surface area contributed by atoms with Gasteiger partial charge >= 0.3 is 0 Å². The van der Waals surface area contributed by atoms with E-state index in [-0.39, 0.29) is 0 Å². The van der Waals surface area contributed by atoms with Crippen LogP contribution >= 0.6 is 0 Å². The van der Waals surface area contributed by atoms with Gasteiger partial charge in [-0.2, -0.15) is 0 Å². The molecule has 1 heterocycles. The lowest BCUT2D eigenvalue weighted by atomic mass is 9.86. The summed E-state index contributed by atoms with van der Waals surface area (Å²) in [5.74, 6) is 0.424. The minimum absolute atomic E-state index is 0.424. The van der Waals surface area contributed by atoms with Gasteiger partial charge in [-0.1, -0.05) is 32.1 Å². The van der Waals surface area contributed by atoms with Gasteiger partial charge in [0, 0.05) is 17.3 Å². The number of hydrogen-bond acceptors (Lipinski definition) is 2. The van der Waals surface area contributed by atoms with Crippen LogP contribution in [0, 0.1) is 26.2 Å². The molecule has 0 radical (unpaired) electrons. The second-order valence-electron chi connectivity index (χ2n) is 6.71. The van der Waals surface area contributed by atoms with Crippen LogP contribution in [0.1, 0.15) is 61.5 Å². The van der Waals surface area contributed by atoms with Crippen molar-refractivity contribution in [1.29, 1.82) is 5.41 Å². The maximum Gasteiger partial charge on any atom is 0.0635 e. The first-order valence-corrected chi connectivity index (χ1v) is 8.45. The maximum absolute atomic E-state index is 7.97. The average molecular weight is 308 g/mol. The second kappa shape index (κ2) is 7.08. The summed E-state index contributed by atoms with van der Waals surface area (Å²) in [5.41, 5.74) is 8.59. The van der Waals surface area contributed by atoms with Crippen molar-refractivity contribution in [3.63, 3.8) is 0 Å². The highest BCUT2D eigenvalue weighted by molar-refractivity contribution is 6.12. The Morgan fingerprint density at radius 1 is 1.17 bits per heavy atom. The van der Waals surface area contributed by atoms with E-state index in [2.05, 4.69) is 52.5 Å². The molecule has 2 nitrogen and oxygen atoms in total. The van der Waals surface area contributed by atoms with Gasteiger partial charge in [0.1, 0.15) is 0 Å². The standard InChI is InChI=1S/C21H28N2/c1-7-8-19(20-11-13(2)16(5)17(6)23-20)12-18-9-14(3)21(22)15(4)10-18/h9-11,19,22H,3,7-8,12H2,1-2,4-6H3. The normalized spacial score (nSPS) is 16.2. The zero-order valence-corrected chi connectivity index (χ0v) is 15.1. The molecule has 23 heavy (non-hydrogen) atoms. The van der Waals surface area contributed by atoms with Crippen LogP contribution in [-0.2, 0) is 0 Å². The average Bonchev–Trinajstić information content (AvgIpc) is 2.49. The van der Waals surface area contributed by atoms with E-state index in [0.29, 0.717) is 11.6 Å². The van der Waals surface area contributed by atoms with Gasteiger partial charge in [-0.15, -0.1) is 0 Å². The van der Waals surface area contributed by atoms with Crippen LogP contribution in [0.5, 0.6) is 0 Å². The van der Waals surface area contributed by atoms with Gasteiger partial charge in [-0.3, -0.25) is 4.98 Å². The Bertz CT molecular complexity index is 682.